The number of sulfone groups is 1. The molecule has 2 fully saturated rings. The van der Waals surface area contributed by atoms with Gasteiger partial charge in [-0.2, -0.15) is 4.31 Å². The molecule has 2 aromatic rings. The van der Waals surface area contributed by atoms with Gasteiger partial charge in [0.15, 0.2) is 9.84 Å². The summed E-state index contributed by atoms with van der Waals surface area (Å²) in [5.74, 6) is 0.512. The zero-order valence-corrected chi connectivity index (χ0v) is 17.8. The monoisotopic (exact) mass is 442 g/mol. The van der Waals surface area contributed by atoms with E-state index in [1.807, 2.05) is 30.3 Å². The van der Waals surface area contributed by atoms with E-state index >= 15 is 0 Å². The molecule has 0 spiro atoms. The molecular weight excluding hydrogens is 420 g/mol. The van der Waals surface area contributed by atoms with Crippen molar-refractivity contribution in [1.29, 1.82) is 0 Å². The molecule has 0 aromatic heterocycles. The summed E-state index contributed by atoms with van der Waals surface area (Å²) in [7, 11) is -7.10. The lowest BCUT2D eigenvalue weighted by Crippen LogP contribution is -2.34. The van der Waals surface area contributed by atoms with Gasteiger partial charge in [-0.1, -0.05) is 30.3 Å². The highest BCUT2D eigenvalue weighted by Crippen LogP contribution is 2.45. The number of hydrogen-bond acceptors (Lipinski definition) is 5. The number of sulfonamides is 1. The Kier molecular flexibility index (Phi) is 5.89. The van der Waals surface area contributed by atoms with Crippen LogP contribution in [0.2, 0.25) is 0 Å². The molecule has 2 aromatic carbocycles. The van der Waals surface area contributed by atoms with Gasteiger partial charge >= 0.3 is 0 Å². The molecule has 4 rings (SSSR count). The standard InChI is InChI=1S/C19H22N2O4S2.ClH/c1-26(22,23)16-7-9-17(10-8-16)27(24,25)21-13-15-11-20-12-18(15)19(21)14-5-3-2-4-6-14;/h2-10,15,18-20H,11-13H2,1H3;1H/t15-,18-,19+;/m0./s1. The highest BCUT2D eigenvalue weighted by Gasteiger charge is 2.49. The van der Waals surface area contributed by atoms with Crippen molar-refractivity contribution in [3.8, 4) is 0 Å². The molecule has 0 unspecified atom stereocenters. The van der Waals surface area contributed by atoms with Gasteiger partial charge in [-0.25, -0.2) is 16.8 Å². The molecule has 28 heavy (non-hydrogen) atoms. The summed E-state index contributed by atoms with van der Waals surface area (Å²) in [5.41, 5.74) is 0.991. The number of nitrogens with zero attached hydrogens (tertiary/aromatic N) is 1. The first-order valence-corrected chi connectivity index (χ1v) is 12.2. The lowest BCUT2D eigenvalue weighted by molar-refractivity contribution is 0.345. The minimum Gasteiger partial charge on any atom is -0.316 e. The number of halogens is 1. The van der Waals surface area contributed by atoms with Gasteiger partial charge < -0.3 is 5.32 Å². The molecule has 6 nitrogen and oxygen atoms in total. The second-order valence-corrected chi connectivity index (χ2v) is 11.2. The summed E-state index contributed by atoms with van der Waals surface area (Å²) in [6, 6.07) is 15.0. The van der Waals surface area contributed by atoms with Gasteiger partial charge in [0.05, 0.1) is 15.8 Å². The second-order valence-electron chi connectivity index (χ2n) is 7.26. The Morgan fingerprint density at radius 1 is 0.893 bits per heavy atom. The maximum Gasteiger partial charge on any atom is 0.243 e. The van der Waals surface area contributed by atoms with Gasteiger partial charge in [0, 0.05) is 19.3 Å². The van der Waals surface area contributed by atoms with Gasteiger partial charge in [0.2, 0.25) is 10.0 Å². The number of nitrogens with one attached hydrogen (secondary N) is 1. The van der Waals surface area contributed by atoms with Crippen molar-refractivity contribution < 1.29 is 16.8 Å². The second kappa shape index (κ2) is 7.76. The van der Waals surface area contributed by atoms with E-state index in [0.29, 0.717) is 6.54 Å². The Bertz CT molecular complexity index is 1040. The minimum atomic E-state index is -3.73. The molecule has 0 amide bonds. The Morgan fingerprint density at radius 2 is 1.50 bits per heavy atom. The zero-order valence-electron chi connectivity index (χ0n) is 15.4. The molecule has 2 aliphatic heterocycles. The van der Waals surface area contributed by atoms with Crippen LogP contribution in [0, 0.1) is 11.8 Å². The summed E-state index contributed by atoms with van der Waals surface area (Å²) in [5, 5.41) is 3.37. The average molecular weight is 443 g/mol. The van der Waals surface area contributed by atoms with Crippen LogP contribution in [-0.2, 0) is 19.9 Å². The first kappa shape index (κ1) is 21.3. The van der Waals surface area contributed by atoms with E-state index in [1.54, 1.807) is 4.31 Å². The molecule has 2 saturated heterocycles. The molecule has 0 radical (unpaired) electrons. The van der Waals surface area contributed by atoms with Crippen molar-refractivity contribution in [2.75, 3.05) is 25.9 Å². The third kappa shape index (κ3) is 3.71. The zero-order chi connectivity index (χ0) is 19.2. The molecule has 0 saturated carbocycles. The van der Waals surface area contributed by atoms with Gasteiger partial charge in [-0.05, 0) is 48.2 Å². The molecule has 1 N–H and O–H groups in total. The fraction of sp³-hybridized carbons (Fsp3) is 0.368. The van der Waals surface area contributed by atoms with Crippen molar-refractivity contribution in [3.05, 3.63) is 60.2 Å². The molecule has 2 heterocycles. The van der Waals surface area contributed by atoms with E-state index in [-0.39, 0.29) is 40.1 Å². The normalized spacial score (nSPS) is 25.2. The summed E-state index contributed by atoms with van der Waals surface area (Å²) < 4.78 is 51.6. The Hall–Kier alpha value is -1.45. The van der Waals surface area contributed by atoms with Gasteiger partial charge in [-0.15, -0.1) is 12.4 Å². The van der Waals surface area contributed by atoms with Crippen LogP contribution >= 0.6 is 12.4 Å². The van der Waals surface area contributed by atoms with E-state index in [1.165, 1.54) is 24.3 Å². The van der Waals surface area contributed by atoms with Crippen LogP contribution in [0.1, 0.15) is 11.6 Å². The first-order chi connectivity index (χ1) is 12.8. The van der Waals surface area contributed by atoms with Gasteiger partial charge in [0.1, 0.15) is 0 Å². The summed E-state index contributed by atoms with van der Waals surface area (Å²) >= 11 is 0. The first-order valence-electron chi connectivity index (χ1n) is 8.86. The van der Waals surface area contributed by atoms with Crippen molar-refractivity contribution in [3.63, 3.8) is 0 Å². The summed E-state index contributed by atoms with van der Waals surface area (Å²) in [4.78, 5) is 0.243. The lowest BCUT2D eigenvalue weighted by Gasteiger charge is -2.27. The third-order valence-electron chi connectivity index (χ3n) is 5.52. The lowest BCUT2D eigenvalue weighted by atomic mass is 9.90. The number of rotatable bonds is 4. The van der Waals surface area contributed by atoms with Crippen LogP contribution in [0.5, 0.6) is 0 Å². The van der Waals surface area contributed by atoms with Gasteiger partial charge in [0.25, 0.3) is 0 Å². The minimum absolute atomic E-state index is 0. The molecule has 0 aliphatic carbocycles. The predicted molar refractivity (Wildman–Crippen MR) is 110 cm³/mol. The van der Waals surface area contributed by atoms with Gasteiger partial charge in [-0.3, -0.25) is 0 Å². The number of benzene rings is 2. The molecule has 9 heteroatoms. The van der Waals surface area contributed by atoms with Crippen molar-refractivity contribution in [2.45, 2.75) is 15.8 Å². The van der Waals surface area contributed by atoms with Crippen LogP contribution in [0.3, 0.4) is 0 Å². The van der Waals surface area contributed by atoms with E-state index in [4.69, 9.17) is 0 Å². The highest BCUT2D eigenvalue weighted by atomic mass is 35.5. The molecular formula is C19H23ClN2O4S2. The topological polar surface area (TPSA) is 83.5 Å². The van der Waals surface area contributed by atoms with Crippen molar-refractivity contribution >= 4 is 32.3 Å². The highest BCUT2D eigenvalue weighted by molar-refractivity contribution is 7.90. The van der Waals surface area contributed by atoms with Crippen molar-refractivity contribution in [2.24, 2.45) is 11.8 Å². The number of hydrogen-bond donors (Lipinski definition) is 1. The van der Waals surface area contributed by atoms with Crippen LogP contribution in [0.15, 0.2) is 64.4 Å². The number of fused-ring (bicyclic) bond motifs is 1. The SMILES string of the molecule is CS(=O)(=O)c1ccc(S(=O)(=O)N2C[C@@H]3CNC[C@@H]3[C@H]2c2ccccc2)cc1.Cl. The maximum atomic E-state index is 13.4. The van der Waals surface area contributed by atoms with E-state index < -0.39 is 19.9 Å². The van der Waals surface area contributed by atoms with Crippen LogP contribution in [0.25, 0.3) is 0 Å². The van der Waals surface area contributed by atoms with E-state index in [9.17, 15) is 16.8 Å². The van der Waals surface area contributed by atoms with E-state index in [2.05, 4.69) is 5.32 Å². The third-order valence-corrected chi connectivity index (χ3v) is 8.51. The summed E-state index contributed by atoms with van der Waals surface area (Å²) in [6.07, 6.45) is 1.11. The maximum absolute atomic E-state index is 13.4. The molecule has 152 valence electrons. The van der Waals surface area contributed by atoms with E-state index in [0.717, 1.165) is 24.9 Å². The smallest absolute Gasteiger partial charge is 0.243 e. The predicted octanol–water partition coefficient (Wildman–Crippen LogP) is 2.09. The summed E-state index contributed by atoms with van der Waals surface area (Å²) in [6.45, 7) is 2.07. The molecule has 3 atom stereocenters. The molecule has 0 bridgehead atoms. The fourth-order valence-corrected chi connectivity index (χ4v) is 6.53. The Morgan fingerprint density at radius 3 is 2.11 bits per heavy atom. The fourth-order valence-electron chi connectivity index (χ4n) is 4.19. The quantitative estimate of drug-likeness (QED) is 0.783. The Balaban J connectivity index is 0.00000225. The van der Waals surface area contributed by atoms with Crippen LogP contribution in [-0.4, -0.2) is 47.0 Å². The Labute approximate surface area is 172 Å². The largest absolute Gasteiger partial charge is 0.316 e. The average Bonchev–Trinajstić information content (AvgIpc) is 3.23. The van der Waals surface area contributed by atoms with Crippen LogP contribution < -0.4 is 5.32 Å². The van der Waals surface area contributed by atoms with Crippen molar-refractivity contribution in [1.82, 2.24) is 9.62 Å². The van der Waals surface area contributed by atoms with Crippen LogP contribution in [0.4, 0.5) is 0 Å². The molecule has 2 aliphatic rings.